The summed E-state index contributed by atoms with van der Waals surface area (Å²) in [6, 6.07) is 13.1. The normalized spacial score (nSPS) is 10.6. The van der Waals surface area contributed by atoms with E-state index < -0.39 is 0 Å². The number of rotatable bonds is 4. The van der Waals surface area contributed by atoms with Gasteiger partial charge in [0.05, 0.1) is 31.5 Å². The molecule has 0 spiro atoms. The Bertz CT molecular complexity index is 806. The Hall–Kier alpha value is -2.82. The Labute approximate surface area is 128 Å². The summed E-state index contributed by atoms with van der Waals surface area (Å²) >= 11 is 0. The highest BCUT2D eigenvalue weighted by Crippen LogP contribution is 2.19. The molecular weight excluding hydrogens is 280 g/mol. The summed E-state index contributed by atoms with van der Waals surface area (Å²) in [4.78, 5) is 15.9. The van der Waals surface area contributed by atoms with E-state index in [1.165, 1.54) is 7.11 Å². The van der Waals surface area contributed by atoms with Gasteiger partial charge in [0.1, 0.15) is 5.82 Å². The molecule has 2 heterocycles. The number of hydrogen-bond acceptors (Lipinski definition) is 4. The highest BCUT2D eigenvalue weighted by Gasteiger charge is 2.10. The lowest BCUT2D eigenvalue weighted by atomic mass is 10.1. The van der Waals surface area contributed by atoms with Crippen molar-refractivity contribution in [3.8, 4) is 5.88 Å². The van der Waals surface area contributed by atoms with Gasteiger partial charge in [-0.2, -0.15) is 0 Å². The van der Waals surface area contributed by atoms with Crippen molar-refractivity contribution in [3.63, 3.8) is 0 Å². The molecule has 22 heavy (non-hydrogen) atoms. The summed E-state index contributed by atoms with van der Waals surface area (Å²) in [5.41, 5.74) is 2.59. The standard InChI is InChI=1S/C17H16N2O3/c1-21-16-5-3-4-14-11-18-15(19(14)16)10-12-6-8-13(9-7-12)17(20)22-2/h3-9,11H,10H2,1-2H3. The van der Waals surface area contributed by atoms with Crippen LogP contribution in [0.15, 0.2) is 48.7 Å². The van der Waals surface area contributed by atoms with Crippen molar-refractivity contribution in [1.82, 2.24) is 9.38 Å². The maximum Gasteiger partial charge on any atom is 0.337 e. The number of carbonyl (C=O) groups is 1. The molecule has 5 nitrogen and oxygen atoms in total. The van der Waals surface area contributed by atoms with Crippen LogP contribution in [0.3, 0.4) is 0 Å². The number of esters is 1. The summed E-state index contributed by atoms with van der Waals surface area (Å²) in [6.45, 7) is 0. The van der Waals surface area contributed by atoms with Gasteiger partial charge in [-0.05, 0) is 29.8 Å². The lowest BCUT2D eigenvalue weighted by molar-refractivity contribution is 0.0600. The van der Waals surface area contributed by atoms with Crippen LogP contribution in [-0.4, -0.2) is 29.6 Å². The Kier molecular flexibility index (Phi) is 3.78. The molecule has 3 aromatic rings. The zero-order chi connectivity index (χ0) is 15.5. The second-order valence-corrected chi connectivity index (χ2v) is 4.87. The number of methoxy groups -OCH3 is 2. The molecule has 0 radical (unpaired) electrons. The predicted octanol–water partition coefficient (Wildman–Crippen LogP) is 2.72. The first-order valence-corrected chi connectivity index (χ1v) is 6.89. The molecule has 0 fully saturated rings. The monoisotopic (exact) mass is 296 g/mol. The number of nitrogens with zero attached hydrogens (tertiary/aromatic N) is 2. The number of benzene rings is 1. The van der Waals surface area contributed by atoms with Crippen molar-refractivity contribution in [2.45, 2.75) is 6.42 Å². The van der Waals surface area contributed by atoms with E-state index in [9.17, 15) is 4.79 Å². The van der Waals surface area contributed by atoms with Gasteiger partial charge in [-0.3, -0.25) is 4.40 Å². The van der Waals surface area contributed by atoms with E-state index in [1.807, 2.05) is 40.9 Å². The molecule has 3 rings (SSSR count). The van der Waals surface area contributed by atoms with Crippen LogP contribution < -0.4 is 4.74 Å². The second kappa shape index (κ2) is 5.89. The summed E-state index contributed by atoms with van der Waals surface area (Å²) in [6.07, 6.45) is 2.47. The molecule has 5 heteroatoms. The number of carbonyl (C=O) groups excluding carboxylic acids is 1. The lowest BCUT2D eigenvalue weighted by Gasteiger charge is -2.07. The van der Waals surface area contributed by atoms with Gasteiger partial charge in [0.25, 0.3) is 0 Å². The summed E-state index contributed by atoms with van der Waals surface area (Å²) in [7, 11) is 3.02. The third-order valence-electron chi connectivity index (χ3n) is 3.53. The van der Waals surface area contributed by atoms with Gasteiger partial charge in [-0.15, -0.1) is 0 Å². The molecule has 0 aliphatic carbocycles. The molecule has 2 aromatic heterocycles. The average molecular weight is 296 g/mol. The van der Waals surface area contributed by atoms with Crippen molar-refractivity contribution in [2.75, 3.05) is 14.2 Å². The van der Waals surface area contributed by atoms with Crippen LogP contribution in [0.4, 0.5) is 0 Å². The number of hydrogen-bond donors (Lipinski definition) is 0. The summed E-state index contributed by atoms with van der Waals surface area (Å²) in [5.74, 6) is 1.30. The fourth-order valence-corrected chi connectivity index (χ4v) is 2.42. The first-order valence-electron chi connectivity index (χ1n) is 6.89. The largest absolute Gasteiger partial charge is 0.482 e. The molecule has 112 valence electrons. The molecule has 0 amide bonds. The Morgan fingerprint density at radius 1 is 1.14 bits per heavy atom. The van der Waals surface area contributed by atoms with Gasteiger partial charge in [0.2, 0.25) is 0 Å². The van der Waals surface area contributed by atoms with Crippen LogP contribution in [0.1, 0.15) is 21.7 Å². The molecule has 0 saturated heterocycles. The van der Waals surface area contributed by atoms with Crippen molar-refractivity contribution in [3.05, 3.63) is 65.6 Å². The molecule has 0 unspecified atom stereocenters. The van der Waals surface area contributed by atoms with E-state index in [2.05, 4.69) is 4.98 Å². The fraction of sp³-hybridized carbons (Fsp3) is 0.176. The van der Waals surface area contributed by atoms with Crippen LogP contribution >= 0.6 is 0 Å². The number of pyridine rings is 1. The van der Waals surface area contributed by atoms with Gasteiger partial charge in [-0.25, -0.2) is 9.78 Å². The Morgan fingerprint density at radius 2 is 1.91 bits per heavy atom. The third-order valence-corrected chi connectivity index (χ3v) is 3.53. The average Bonchev–Trinajstić information content (AvgIpc) is 2.98. The molecule has 0 aliphatic heterocycles. The summed E-state index contributed by atoms with van der Waals surface area (Å²) in [5, 5.41) is 0. The first-order chi connectivity index (χ1) is 10.7. The van der Waals surface area contributed by atoms with Gasteiger partial charge in [0.15, 0.2) is 5.88 Å². The second-order valence-electron chi connectivity index (χ2n) is 4.87. The van der Waals surface area contributed by atoms with Crippen LogP contribution in [0.5, 0.6) is 5.88 Å². The van der Waals surface area contributed by atoms with Crippen LogP contribution in [0, 0.1) is 0 Å². The molecular formula is C17H16N2O3. The molecule has 0 N–H and O–H groups in total. The highest BCUT2D eigenvalue weighted by molar-refractivity contribution is 5.89. The minimum absolute atomic E-state index is 0.334. The number of aromatic nitrogens is 2. The van der Waals surface area contributed by atoms with E-state index in [0.29, 0.717) is 12.0 Å². The van der Waals surface area contributed by atoms with Gasteiger partial charge in [-0.1, -0.05) is 18.2 Å². The number of imidazole rings is 1. The van der Waals surface area contributed by atoms with Crippen molar-refractivity contribution >= 4 is 11.5 Å². The predicted molar refractivity (Wildman–Crippen MR) is 82.3 cm³/mol. The Morgan fingerprint density at radius 3 is 2.59 bits per heavy atom. The maximum atomic E-state index is 11.4. The van der Waals surface area contributed by atoms with Crippen LogP contribution in [0.2, 0.25) is 0 Å². The molecule has 0 saturated carbocycles. The van der Waals surface area contributed by atoms with Crippen LogP contribution in [-0.2, 0) is 11.2 Å². The minimum atomic E-state index is -0.334. The molecule has 0 atom stereocenters. The van der Waals surface area contributed by atoms with Gasteiger partial charge < -0.3 is 9.47 Å². The van der Waals surface area contributed by atoms with E-state index in [-0.39, 0.29) is 5.97 Å². The van der Waals surface area contributed by atoms with Gasteiger partial charge in [0, 0.05) is 6.42 Å². The zero-order valence-corrected chi connectivity index (χ0v) is 12.4. The fourth-order valence-electron chi connectivity index (χ4n) is 2.42. The van der Waals surface area contributed by atoms with E-state index in [0.717, 1.165) is 22.8 Å². The molecule has 0 bridgehead atoms. The third kappa shape index (κ3) is 2.53. The SMILES string of the molecule is COC(=O)c1ccc(Cc2ncc3cccc(OC)n23)cc1. The minimum Gasteiger partial charge on any atom is -0.482 e. The Balaban J connectivity index is 1.92. The van der Waals surface area contributed by atoms with Crippen LogP contribution in [0.25, 0.3) is 5.52 Å². The van der Waals surface area contributed by atoms with Crippen molar-refractivity contribution in [2.24, 2.45) is 0 Å². The smallest absolute Gasteiger partial charge is 0.337 e. The topological polar surface area (TPSA) is 52.8 Å². The lowest BCUT2D eigenvalue weighted by Crippen LogP contribution is -2.02. The van der Waals surface area contributed by atoms with E-state index in [4.69, 9.17) is 9.47 Å². The van der Waals surface area contributed by atoms with Crippen molar-refractivity contribution < 1.29 is 14.3 Å². The maximum absolute atomic E-state index is 11.4. The quantitative estimate of drug-likeness (QED) is 0.695. The first kappa shape index (κ1) is 14.1. The molecule has 0 aliphatic rings. The highest BCUT2D eigenvalue weighted by atomic mass is 16.5. The summed E-state index contributed by atoms with van der Waals surface area (Å²) < 4.78 is 12.1. The van der Waals surface area contributed by atoms with E-state index >= 15 is 0 Å². The number of fused-ring (bicyclic) bond motifs is 1. The molecule has 1 aromatic carbocycles. The number of ether oxygens (including phenoxy) is 2. The van der Waals surface area contributed by atoms with E-state index in [1.54, 1.807) is 19.2 Å². The van der Waals surface area contributed by atoms with Gasteiger partial charge >= 0.3 is 5.97 Å². The zero-order valence-electron chi connectivity index (χ0n) is 12.4. The van der Waals surface area contributed by atoms with Crippen molar-refractivity contribution in [1.29, 1.82) is 0 Å².